The first kappa shape index (κ1) is 18.6. The van der Waals surface area contributed by atoms with E-state index < -0.39 is 0 Å². The number of hydrogen-bond acceptors (Lipinski definition) is 5. The summed E-state index contributed by atoms with van der Waals surface area (Å²) >= 11 is 5.97. The molecule has 2 aromatic rings. The third-order valence-electron chi connectivity index (χ3n) is 3.11. The Hall–Kier alpha value is -2.73. The van der Waals surface area contributed by atoms with E-state index >= 15 is 0 Å². The number of carbonyl (C=O) groups is 1. The molecule has 0 aliphatic rings. The Kier molecular flexibility index (Phi) is 7.10. The third kappa shape index (κ3) is 5.69. The molecule has 1 N–H and O–H groups in total. The summed E-state index contributed by atoms with van der Waals surface area (Å²) in [5.74, 6) is 0.902. The Bertz CT molecular complexity index is 750. The van der Waals surface area contributed by atoms with Gasteiger partial charge in [-0.1, -0.05) is 28.9 Å². The largest absolute Gasteiger partial charge is 0.493 e. The number of hydrogen-bond donors (Lipinski definition) is 1. The number of para-hydroxylation sites is 1. The summed E-state index contributed by atoms with van der Waals surface area (Å²) in [4.78, 5) is 16.8. The molecule has 2 aromatic carbocycles. The van der Waals surface area contributed by atoms with Crippen LogP contribution in [0.5, 0.6) is 11.5 Å². The lowest BCUT2D eigenvalue weighted by Gasteiger charge is -2.09. The highest BCUT2D eigenvalue weighted by Gasteiger charge is 2.06. The maximum atomic E-state index is 11.8. The summed E-state index contributed by atoms with van der Waals surface area (Å²) in [6.45, 7) is 2.19. The number of carbonyl (C=O) groups excluding carboxylic acids is 1. The molecule has 0 bridgehead atoms. The number of ether oxygens (including phenoxy) is 2. The first-order valence-electron chi connectivity index (χ1n) is 7.64. The van der Waals surface area contributed by atoms with E-state index in [0.29, 0.717) is 28.8 Å². The zero-order chi connectivity index (χ0) is 18.1. The Morgan fingerprint density at radius 2 is 2.04 bits per heavy atom. The van der Waals surface area contributed by atoms with Crippen LogP contribution < -0.4 is 14.8 Å². The highest BCUT2D eigenvalue weighted by molar-refractivity contribution is 6.33. The minimum Gasteiger partial charge on any atom is -0.493 e. The van der Waals surface area contributed by atoms with Gasteiger partial charge in [-0.2, -0.15) is 0 Å². The van der Waals surface area contributed by atoms with Crippen LogP contribution in [0, 0.1) is 0 Å². The molecule has 0 saturated carbocycles. The molecule has 0 aliphatic heterocycles. The van der Waals surface area contributed by atoms with Crippen LogP contribution in [0.4, 0.5) is 5.69 Å². The number of nitrogens with one attached hydrogen (secondary N) is 1. The average Bonchev–Trinajstić information content (AvgIpc) is 2.61. The predicted octanol–water partition coefficient (Wildman–Crippen LogP) is 3.74. The number of anilines is 1. The van der Waals surface area contributed by atoms with Crippen LogP contribution in [-0.2, 0) is 9.63 Å². The van der Waals surface area contributed by atoms with Gasteiger partial charge in [-0.15, -0.1) is 0 Å². The lowest BCUT2D eigenvalue weighted by Crippen LogP contribution is -2.17. The fourth-order valence-corrected chi connectivity index (χ4v) is 2.17. The van der Waals surface area contributed by atoms with Crippen molar-refractivity contribution in [1.29, 1.82) is 0 Å². The van der Waals surface area contributed by atoms with Crippen molar-refractivity contribution in [3.05, 3.63) is 53.1 Å². The van der Waals surface area contributed by atoms with Crippen molar-refractivity contribution in [2.24, 2.45) is 5.16 Å². The van der Waals surface area contributed by atoms with Gasteiger partial charge in [-0.05, 0) is 37.3 Å². The van der Waals surface area contributed by atoms with Crippen molar-refractivity contribution in [2.75, 3.05) is 25.6 Å². The maximum Gasteiger partial charge on any atom is 0.265 e. The van der Waals surface area contributed by atoms with Crippen molar-refractivity contribution in [3.8, 4) is 11.5 Å². The lowest BCUT2D eigenvalue weighted by atomic mass is 10.2. The fraction of sp³-hybridized carbons (Fsp3) is 0.222. The lowest BCUT2D eigenvalue weighted by molar-refractivity contribution is -0.120. The zero-order valence-electron chi connectivity index (χ0n) is 14.0. The smallest absolute Gasteiger partial charge is 0.265 e. The van der Waals surface area contributed by atoms with Crippen molar-refractivity contribution in [2.45, 2.75) is 6.92 Å². The SMILES string of the molecule is CCOc1cc(/C=N/OCC(=O)Nc2ccccc2Cl)ccc1OC. The van der Waals surface area contributed by atoms with Crippen LogP contribution in [0.3, 0.4) is 0 Å². The topological polar surface area (TPSA) is 69.2 Å². The minimum atomic E-state index is -0.352. The highest BCUT2D eigenvalue weighted by atomic mass is 35.5. The van der Waals surface area contributed by atoms with E-state index in [-0.39, 0.29) is 12.5 Å². The van der Waals surface area contributed by atoms with E-state index in [2.05, 4.69) is 10.5 Å². The highest BCUT2D eigenvalue weighted by Crippen LogP contribution is 2.27. The maximum absolute atomic E-state index is 11.8. The minimum absolute atomic E-state index is 0.226. The van der Waals surface area contributed by atoms with Crippen LogP contribution in [0.1, 0.15) is 12.5 Å². The van der Waals surface area contributed by atoms with E-state index in [9.17, 15) is 4.79 Å². The summed E-state index contributed by atoms with van der Waals surface area (Å²) < 4.78 is 10.7. The third-order valence-corrected chi connectivity index (χ3v) is 3.44. The molecular formula is C18H19ClN2O4. The summed E-state index contributed by atoms with van der Waals surface area (Å²) in [6.07, 6.45) is 1.49. The quantitative estimate of drug-likeness (QED) is 0.573. The van der Waals surface area contributed by atoms with Gasteiger partial charge in [-0.3, -0.25) is 4.79 Å². The van der Waals surface area contributed by atoms with Crippen molar-refractivity contribution in [3.63, 3.8) is 0 Å². The fourth-order valence-electron chi connectivity index (χ4n) is 1.98. The molecule has 2 rings (SSSR count). The number of benzene rings is 2. The van der Waals surface area contributed by atoms with Crippen LogP contribution in [-0.4, -0.2) is 32.4 Å². The zero-order valence-corrected chi connectivity index (χ0v) is 14.7. The van der Waals surface area contributed by atoms with Gasteiger partial charge in [-0.25, -0.2) is 0 Å². The second-order valence-electron chi connectivity index (χ2n) is 4.88. The summed E-state index contributed by atoms with van der Waals surface area (Å²) in [5.41, 5.74) is 1.29. The Morgan fingerprint density at radius 3 is 2.76 bits per heavy atom. The van der Waals surface area contributed by atoms with Gasteiger partial charge >= 0.3 is 0 Å². The summed E-state index contributed by atoms with van der Waals surface area (Å²) in [7, 11) is 1.58. The molecule has 0 fully saturated rings. The molecular weight excluding hydrogens is 344 g/mol. The molecule has 0 atom stereocenters. The molecule has 0 aliphatic carbocycles. The summed E-state index contributed by atoms with van der Waals surface area (Å²) in [6, 6.07) is 12.3. The number of halogens is 1. The number of amides is 1. The Morgan fingerprint density at radius 1 is 1.24 bits per heavy atom. The normalized spacial score (nSPS) is 10.5. The number of nitrogens with zero attached hydrogens (tertiary/aromatic N) is 1. The van der Waals surface area contributed by atoms with Gasteiger partial charge in [0.1, 0.15) is 0 Å². The van der Waals surface area contributed by atoms with Gasteiger partial charge < -0.3 is 19.6 Å². The molecule has 0 radical (unpaired) electrons. The van der Waals surface area contributed by atoms with Crippen LogP contribution in [0.25, 0.3) is 0 Å². The molecule has 7 heteroatoms. The van der Waals surface area contributed by atoms with Gasteiger partial charge in [0.25, 0.3) is 5.91 Å². The monoisotopic (exact) mass is 362 g/mol. The van der Waals surface area contributed by atoms with Gasteiger partial charge in [0, 0.05) is 5.56 Å². The van der Waals surface area contributed by atoms with Crippen LogP contribution in [0.2, 0.25) is 5.02 Å². The predicted molar refractivity (Wildman–Crippen MR) is 97.8 cm³/mol. The molecule has 1 amide bonds. The van der Waals surface area contributed by atoms with E-state index in [4.69, 9.17) is 25.9 Å². The van der Waals surface area contributed by atoms with Crippen molar-refractivity contribution < 1.29 is 19.1 Å². The van der Waals surface area contributed by atoms with Gasteiger partial charge in [0.15, 0.2) is 18.1 Å². The van der Waals surface area contributed by atoms with E-state index in [1.54, 1.807) is 49.6 Å². The van der Waals surface area contributed by atoms with Crippen molar-refractivity contribution >= 4 is 29.4 Å². The molecule has 0 heterocycles. The molecule has 25 heavy (non-hydrogen) atoms. The first-order valence-corrected chi connectivity index (χ1v) is 8.02. The summed E-state index contributed by atoms with van der Waals surface area (Å²) in [5, 5.41) is 6.89. The molecule has 132 valence electrons. The molecule has 0 aromatic heterocycles. The molecule has 6 nitrogen and oxygen atoms in total. The van der Waals surface area contributed by atoms with Gasteiger partial charge in [0.2, 0.25) is 0 Å². The first-order chi connectivity index (χ1) is 12.1. The molecule has 0 saturated heterocycles. The van der Waals surface area contributed by atoms with E-state index in [1.807, 2.05) is 6.92 Å². The molecule has 0 spiro atoms. The van der Waals surface area contributed by atoms with Gasteiger partial charge in [0.05, 0.1) is 30.6 Å². The standard InChI is InChI=1S/C18H19ClN2O4/c1-3-24-17-10-13(8-9-16(17)23-2)11-20-25-12-18(22)21-15-7-5-4-6-14(15)19/h4-11H,3,12H2,1-2H3,(H,21,22)/b20-11+. The molecule has 0 unspecified atom stereocenters. The van der Waals surface area contributed by atoms with Crippen LogP contribution >= 0.6 is 11.6 Å². The van der Waals surface area contributed by atoms with Crippen LogP contribution in [0.15, 0.2) is 47.6 Å². The second kappa shape index (κ2) is 9.54. The van der Waals surface area contributed by atoms with Crippen molar-refractivity contribution in [1.82, 2.24) is 0 Å². The van der Waals surface area contributed by atoms with E-state index in [1.165, 1.54) is 6.21 Å². The van der Waals surface area contributed by atoms with E-state index in [0.717, 1.165) is 5.56 Å². The second-order valence-corrected chi connectivity index (χ2v) is 5.29. The average molecular weight is 363 g/mol. The number of rotatable bonds is 8. The Balaban J connectivity index is 1.87. The Labute approximate surface area is 151 Å². The number of methoxy groups -OCH3 is 1. The number of oxime groups is 1.